The average Bonchev–Trinajstić information content (AvgIpc) is 2.04. The third kappa shape index (κ3) is 1.69. The van der Waals surface area contributed by atoms with Crippen LogP contribution in [-0.2, 0) is 4.79 Å². The van der Waals surface area contributed by atoms with Crippen LogP contribution in [0.2, 0.25) is 0 Å². The van der Waals surface area contributed by atoms with E-state index in [1.807, 2.05) is 0 Å². The van der Waals surface area contributed by atoms with Gasteiger partial charge in [0.05, 0.1) is 17.9 Å². The van der Waals surface area contributed by atoms with Crippen molar-refractivity contribution < 1.29 is 4.79 Å². The SMILES string of the molecule is N#C[C@@H]1CCNC[C@H]1C(N)=O. The first-order valence-corrected chi connectivity index (χ1v) is 3.65. The Labute approximate surface area is 65.4 Å². The molecular weight excluding hydrogens is 142 g/mol. The van der Waals surface area contributed by atoms with Crippen molar-refractivity contribution in [1.82, 2.24) is 5.32 Å². The van der Waals surface area contributed by atoms with Gasteiger partial charge in [0.2, 0.25) is 5.91 Å². The maximum atomic E-state index is 10.8. The minimum atomic E-state index is -0.372. The number of nitrogens with two attached hydrogens (primary N) is 1. The van der Waals surface area contributed by atoms with Gasteiger partial charge in [-0.3, -0.25) is 4.79 Å². The Balaban J connectivity index is 2.60. The summed E-state index contributed by atoms with van der Waals surface area (Å²) < 4.78 is 0. The lowest BCUT2D eigenvalue weighted by atomic mass is 9.87. The zero-order valence-corrected chi connectivity index (χ0v) is 6.21. The Bertz CT molecular complexity index is 196. The standard InChI is InChI=1S/C7H11N3O/c8-3-5-1-2-10-4-6(5)7(9)11/h5-6,10H,1-2,4H2,(H2,9,11)/t5-,6+/m0/s1. The molecular formula is C7H11N3O. The van der Waals surface area contributed by atoms with E-state index in [9.17, 15) is 4.79 Å². The van der Waals surface area contributed by atoms with E-state index in [1.165, 1.54) is 0 Å². The van der Waals surface area contributed by atoms with Crippen LogP contribution in [-0.4, -0.2) is 19.0 Å². The quantitative estimate of drug-likeness (QED) is 0.518. The lowest BCUT2D eigenvalue weighted by Gasteiger charge is -2.24. The first-order chi connectivity index (χ1) is 5.25. The number of rotatable bonds is 1. The number of carbonyl (C=O) groups is 1. The maximum Gasteiger partial charge on any atom is 0.223 e. The number of primary amides is 1. The highest BCUT2D eigenvalue weighted by Crippen LogP contribution is 2.17. The van der Waals surface area contributed by atoms with Gasteiger partial charge in [-0.2, -0.15) is 5.26 Å². The lowest BCUT2D eigenvalue weighted by molar-refractivity contribution is -0.123. The molecule has 1 heterocycles. The number of carbonyl (C=O) groups excluding carboxylic acids is 1. The summed E-state index contributed by atoms with van der Waals surface area (Å²) in [5.41, 5.74) is 5.10. The number of nitriles is 1. The molecule has 1 rings (SSSR count). The molecule has 4 heteroatoms. The van der Waals surface area contributed by atoms with Crippen molar-refractivity contribution in [2.75, 3.05) is 13.1 Å². The molecule has 1 aliphatic rings. The van der Waals surface area contributed by atoms with Gasteiger partial charge in [0.15, 0.2) is 0 Å². The van der Waals surface area contributed by atoms with Gasteiger partial charge in [-0.1, -0.05) is 0 Å². The smallest absolute Gasteiger partial charge is 0.223 e. The maximum absolute atomic E-state index is 10.8. The molecule has 0 radical (unpaired) electrons. The zero-order valence-electron chi connectivity index (χ0n) is 6.21. The van der Waals surface area contributed by atoms with Crippen LogP contribution in [0.15, 0.2) is 0 Å². The molecule has 3 N–H and O–H groups in total. The summed E-state index contributed by atoms with van der Waals surface area (Å²) in [6.07, 6.45) is 0.726. The molecule has 2 atom stereocenters. The summed E-state index contributed by atoms with van der Waals surface area (Å²) in [6.45, 7) is 1.36. The van der Waals surface area contributed by atoms with Crippen molar-refractivity contribution in [1.29, 1.82) is 5.26 Å². The molecule has 0 bridgehead atoms. The van der Waals surface area contributed by atoms with E-state index < -0.39 is 0 Å². The molecule has 11 heavy (non-hydrogen) atoms. The number of nitrogens with one attached hydrogen (secondary N) is 1. The van der Waals surface area contributed by atoms with E-state index in [0.717, 1.165) is 13.0 Å². The number of hydrogen-bond acceptors (Lipinski definition) is 3. The topological polar surface area (TPSA) is 78.9 Å². The molecule has 60 valence electrons. The summed E-state index contributed by atoms with van der Waals surface area (Å²) in [4.78, 5) is 10.8. The molecule has 0 aromatic heterocycles. The molecule has 1 fully saturated rings. The fourth-order valence-corrected chi connectivity index (χ4v) is 1.31. The van der Waals surface area contributed by atoms with Gasteiger partial charge in [0, 0.05) is 6.54 Å². The van der Waals surface area contributed by atoms with Gasteiger partial charge in [-0.15, -0.1) is 0 Å². The molecule has 1 aliphatic heterocycles. The second-order valence-corrected chi connectivity index (χ2v) is 2.74. The number of hydrogen-bond donors (Lipinski definition) is 2. The van der Waals surface area contributed by atoms with Gasteiger partial charge >= 0.3 is 0 Å². The Hall–Kier alpha value is -1.08. The van der Waals surface area contributed by atoms with Crippen molar-refractivity contribution >= 4 is 5.91 Å². The van der Waals surface area contributed by atoms with Gasteiger partial charge in [0.1, 0.15) is 0 Å². The number of amides is 1. The monoisotopic (exact) mass is 153 g/mol. The predicted molar refractivity (Wildman–Crippen MR) is 39.3 cm³/mol. The van der Waals surface area contributed by atoms with Crippen LogP contribution in [0.1, 0.15) is 6.42 Å². The molecule has 0 spiro atoms. The van der Waals surface area contributed by atoms with Crippen molar-refractivity contribution in [3.8, 4) is 6.07 Å². The highest BCUT2D eigenvalue weighted by molar-refractivity contribution is 5.77. The van der Waals surface area contributed by atoms with Crippen LogP contribution in [0.5, 0.6) is 0 Å². The Kier molecular flexibility index (Phi) is 2.44. The normalized spacial score (nSPS) is 30.8. The highest BCUT2D eigenvalue weighted by atomic mass is 16.1. The molecule has 0 unspecified atom stereocenters. The van der Waals surface area contributed by atoms with Gasteiger partial charge in [-0.25, -0.2) is 0 Å². The van der Waals surface area contributed by atoms with Gasteiger partial charge in [-0.05, 0) is 13.0 Å². The average molecular weight is 153 g/mol. The second-order valence-electron chi connectivity index (χ2n) is 2.74. The minimum Gasteiger partial charge on any atom is -0.369 e. The van der Waals surface area contributed by atoms with Crippen molar-refractivity contribution in [3.63, 3.8) is 0 Å². The molecule has 0 saturated carbocycles. The van der Waals surface area contributed by atoms with Gasteiger partial charge in [0.25, 0.3) is 0 Å². The molecule has 0 aromatic carbocycles. The number of nitrogens with zero attached hydrogens (tertiary/aromatic N) is 1. The zero-order chi connectivity index (χ0) is 8.27. The van der Waals surface area contributed by atoms with Crippen LogP contribution in [0, 0.1) is 23.2 Å². The first-order valence-electron chi connectivity index (χ1n) is 3.65. The minimum absolute atomic E-state index is 0.186. The molecule has 1 amide bonds. The van der Waals surface area contributed by atoms with Crippen molar-refractivity contribution in [2.45, 2.75) is 6.42 Å². The molecule has 0 aliphatic carbocycles. The van der Waals surface area contributed by atoms with Crippen LogP contribution in [0.3, 0.4) is 0 Å². The summed E-state index contributed by atoms with van der Waals surface area (Å²) in [5.74, 6) is -0.855. The lowest BCUT2D eigenvalue weighted by Crippen LogP contribution is -2.43. The summed E-state index contributed by atoms with van der Waals surface area (Å²) in [6, 6.07) is 2.09. The number of piperidine rings is 1. The fourth-order valence-electron chi connectivity index (χ4n) is 1.31. The van der Waals surface area contributed by atoms with Gasteiger partial charge < -0.3 is 11.1 Å². The summed E-state index contributed by atoms with van der Waals surface area (Å²) in [7, 11) is 0. The van der Waals surface area contributed by atoms with E-state index in [4.69, 9.17) is 11.0 Å². The van der Waals surface area contributed by atoms with Crippen LogP contribution in [0.25, 0.3) is 0 Å². The third-order valence-electron chi connectivity index (χ3n) is 2.01. The van der Waals surface area contributed by atoms with Crippen molar-refractivity contribution in [2.24, 2.45) is 17.6 Å². The summed E-state index contributed by atoms with van der Waals surface area (Å²) in [5, 5.41) is 11.7. The fraction of sp³-hybridized carbons (Fsp3) is 0.714. The molecule has 1 saturated heterocycles. The largest absolute Gasteiger partial charge is 0.369 e. The molecule has 0 aromatic rings. The van der Waals surface area contributed by atoms with E-state index in [0.29, 0.717) is 6.54 Å². The second kappa shape index (κ2) is 3.35. The summed E-state index contributed by atoms with van der Waals surface area (Å²) >= 11 is 0. The Morgan fingerprint density at radius 1 is 1.73 bits per heavy atom. The van der Waals surface area contributed by atoms with Crippen LogP contribution < -0.4 is 11.1 Å². The van der Waals surface area contributed by atoms with E-state index in [-0.39, 0.29) is 17.7 Å². The highest BCUT2D eigenvalue weighted by Gasteiger charge is 2.28. The molecule has 4 nitrogen and oxygen atoms in total. The first kappa shape index (κ1) is 8.02. The van der Waals surface area contributed by atoms with Crippen molar-refractivity contribution in [3.05, 3.63) is 0 Å². The Morgan fingerprint density at radius 2 is 2.45 bits per heavy atom. The van der Waals surface area contributed by atoms with Crippen LogP contribution >= 0.6 is 0 Å². The third-order valence-corrected chi connectivity index (χ3v) is 2.01. The van der Waals surface area contributed by atoms with E-state index in [1.54, 1.807) is 0 Å². The van der Waals surface area contributed by atoms with E-state index in [2.05, 4.69) is 11.4 Å². The Morgan fingerprint density at radius 3 is 2.91 bits per heavy atom. The van der Waals surface area contributed by atoms with Crippen LogP contribution in [0.4, 0.5) is 0 Å². The predicted octanol–water partition coefficient (Wildman–Crippen LogP) is -0.779. The van der Waals surface area contributed by atoms with E-state index >= 15 is 0 Å².